The van der Waals surface area contributed by atoms with Gasteiger partial charge in [-0.1, -0.05) is 72.3 Å². The number of hydrogen-bond acceptors (Lipinski definition) is 4. The lowest BCUT2D eigenvalue weighted by molar-refractivity contribution is 0.306. The van der Waals surface area contributed by atoms with Crippen molar-refractivity contribution < 1.29 is 4.74 Å². The van der Waals surface area contributed by atoms with Crippen LogP contribution in [-0.2, 0) is 6.61 Å². The highest BCUT2D eigenvalue weighted by Gasteiger charge is 2.07. The van der Waals surface area contributed by atoms with E-state index in [0.29, 0.717) is 17.2 Å². The van der Waals surface area contributed by atoms with Crippen LogP contribution in [0, 0.1) is 11.7 Å². The fourth-order valence-electron chi connectivity index (χ4n) is 2.84. The molecule has 0 atom stereocenters. The molecule has 1 aromatic heterocycles. The van der Waals surface area contributed by atoms with Gasteiger partial charge in [0.15, 0.2) is 5.82 Å². The molecular weight excluding hydrogens is 380 g/mol. The van der Waals surface area contributed by atoms with E-state index in [9.17, 15) is 0 Å². The Kier molecular flexibility index (Phi) is 5.63. The molecule has 4 rings (SSSR count). The Labute approximate surface area is 174 Å². The van der Waals surface area contributed by atoms with Crippen molar-refractivity contribution in [3.05, 3.63) is 100 Å². The quantitative estimate of drug-likeness (QED) is 0.349. The van der Waals surface area contributed by atoms with Gasteiger partial charge in [-0.05, 0) is 42.4 Å². The molecule has 0 amide bonds. The normalized spacial score (nSPS) is 11.1. The van der Waals surface area contributed by atoms with E-state index in [1.807, 2.05) is 85.8 Å². The van der Waals surface area contributed by atoms with Crippen LogP contribution in [0.4, 0.5) is 0 Å². The van der Waals surface area contributed by atoms with E-state index in [4.69, 9.17) is 17.0 Å². The van der Waals surface area contributed by atoms with Crippen molar-refractivity contribution >= 4 is 18.4 Å². The van der Waals surface area contributed by atoms with Gasteiger partial charge in [-0.25, -0.2) is 5.10 Å². The van der Waals surface area contributed by atoms with Gasteiger partial charge >= 0.3 is 0 Å². The van der Waals surface area contributed by atoms with Gasteiger partial charge in [-0.15, -0.1) is 0 Å². The molecule has 1 heterocycles. The van der Waals surface area contributed by atoms with Gasteiger partial charge in [0.05, 0.1) is 6.21 Å². The minimum absolute atomic E-state index is 0.438. The van der Waals surface area contributed by atoms with Crippen LogP contribution in [0.5, 0.6) is 5.75 Å². The van der Waals surface area contributed by atoms with Gasteiger partial charge in [0, 0.05) is 5.56 Å². The lowest BCUT2D eigenvalue weighted by Crippen LogP contribution is -1.97. The summed E-state index contributed by atoms with van der Waals surface area (Å²) in [6.07, 6.45) is 1.75. The molecule has 0 fully saturated rings. The molecule has 0 aliphatic carbocycles. The number of ether oxygens (including phenoxy) is 1. The summed E-state index contributed by atoms with van der Waals surface area (Å²) in [4.78, 5) is 0. The number of aromatic amines is 1. The number of aryl methyl sites for hydroxylation is 1. The molecule has 4 aromatic rings. The third-order valence-corrected chi connectivity index (χ3v) is 4.65. The predicted molar refractivity (Wildman–Crippen MR) is 118 cm³/mol. The molecule has 3 aromatic carbocycles. The SMILES string of the molecule is Cc1ccc(-c2n[nH]c(=S)n2N=Cc2cccc(OCc3ccccc3)c2)cc1. The molecule has 0 saturated carbocycles. The highest BCUT2D eigenvalue weighted by Crippen LogP contribution is 2.18. The standard InChI is InChI=1S/C23H20N4OS/c1-17-10-12-20(13-11-17)22-25-26-23(29)27(22)24-15-19-8-5-9-21(14-19)28-16-18-6-3-2-4-7-18/h2-15H,16H2,1H3,(H,26,29). The van der Waals surface area contributed by atoms with Crippen LogP contribution in [0.25, 0.3) is 11.4 Å². The van der Waals surface area contributed by atoms with E-state index in [1.54, 1.807) is 10.9 Å². The van der Waals surface area contributed by atoms with Crippen LogP contribution in [0.1, 0.15) is 16.7 Å². The fraction of sp³-hybridized carbons (Fsp3) is 0.0870. The van der Waals surface area contributed by atoms with E-state index < -0.39 is 0 Å². The molecule has 0 spiro atoms. The second kappa shape index (κ2) is 8.67. The number of nitrogens with one attached hydrogen (secondary N) is 1. The lowest BCUT2D eigenvalue weighted by atomic mass is 10.1. The second-order valence-electron chi connectivity index (χ2n) is 6.62. The summed E-state index contributed by atoms with van der Waals surface area (Å²) in [5.41, 5.74) is 4.16. The van der Waals surface area contributed by atoms with Crippen LogP contribution >= 0.6 is 12.2 Å². The minimum Gasteiger partial charge on any atom is -0.489 e. The van der Waals surface area contributed by atoms with Crippen LogP contribution in [0.15, 0.2) is 84.0 Å². The maximum absolute atomic E-state index is 5.89. The van der Waals surface area contributed by atoms with E-state index in [1.165, 1.54) is 5.56 Å². The van der Waals surface area contributed by atoms with Crippen LogP contribution in [0.2, 0.25) is 0 Å². The van der Waals surface area contributed by atoms with Crippen LogP contribution in [0.3, 0.4) is 0 Å². The summed E-state index contributed by atoms with van der Waals surface area (Å²) in [6.45, 7) is 2.57. The number of hydrogen-bond donors (Lipinski definition) is 1. The van der Waals surface area contributed by atoms with Gasteiger partial charge < -0.3 is 4.74 Å². The second-order valence-corrected chi connectivity index (χ2v) is 7.01. The molecule has 0 saturated heterocycles. The summed E-state index contributed by atoms with van der Waals surface area (Å²) in [5, 5.41) is 11.7. The van der Waals surface area contributed by atoms with E-state index >= 15 is 0 Å². The number of benzene rings is 3. The largest absolute Gasteiger partial charge is 0.489 e. The van der Waals surface area contributed by atoms with Crippen molar-refractivity contribution in [2.45, 2.75) is 13.5 Å². The first kappa shape index (κ1) is 18.8. The van der Waals surface area contributed by atoms with Crippen molar-refractivity contribution in [2.24, 2.45) is 5.10 Å². The number of aromatic nitrogens is 3. The summed E-state index contributed by atoms with van der Waals surface area (Å²) in [6, 6.07) is 25.9. The summed E-state index contributed by atoms with van der Waals surface area (Å²) < 4.78 is 7.95. The number of H-pyrrole nitrogens is 1. The zero-order valence-electron chi connectivity index (χ0n) is 15.9. The van der Waals surface area contributed by atoms with Crippen molar-refractivity contribution in [1.82, 2.24) is 14.9 Å². The minimum atomic E-state index is 0.438. The first-order chi connectivity index (χ1) is 14.2. The van der Waals surface area contributed by atoms with Crippen LogP contribution < -0.4 is 4.74 Å². The van der Waals surface area contributed by atoms with Crippen molar-refractivity contribution in [2.75, 3.05) is 0 Å². The first-order valence-corrected chi connectivity index (χ1v) is 9.65. The van der Waals surface area contributed by atoms with Crippen molar-refractivity contribution in [3.63, 3.8) is 0 Å². The molecule has 6 heteroatoms. The summed E-state index contributed by atoms with van der Waals surface area (Å²) in [7, 11) is 0. The lowest BCUT2D eigenvalue weighted by Gasteiger charge is -2.07. The average molecular weight is 401 g/mol. The van der Waals surface area contributed by atoms with Crippen molar-refractivity contribution in [3.8, 4) is 17.1 Å². The average Bonchev–Trinajstić information content (AvgIpc) is 3.13. The Hall–Kier alpha value is -3.51. The maximum atomic E-state index is 5.89. The summed E-state index contributed by atoms with van der Waals surface area (Å²) >= 11 is 5.34. The molecule has 0 aliphatic rings. The highest BCUT2D eigenvalue weighted by molar-refractivity contribution is 7.71. The molecule has 0 aliphatic heterocycles. The molecule has 29 heavy (non-hydrogen) atoms. The Morgan fingerprint density at radius 3 is 2.62 bits per heavy atom. The molecule has 0 unspecified atom stereocenters. The van der Waals surface area contributed by atoms with Crippen molar-refractivity contribution in [1.29, 1.82) is 0 Å². The smallest absolute Gasteiger partial charge is 0.216 e. The molecular formula is C23H20N4OS. The Bertz CT molecular complexity index is 1180. The highest BCUT2D eigenvalue weighted by atomic mass is 32.1. The third kappa shape index (κ3) is 4.67. The molecule has 1 N–H and O–H groups in total. The predicted octanol–water partition coefficient (Wildman–Crippen LogP) is 5.38. The summed E-state index contributed by atoms with van der Waals surface area (Å²) in [5.74, 6) is 1.45. The first-order valence-electron chi connectivity index (χ1n) is 9.25. The Morgan fingerprint density at radius 2 is 1.83 bits per heavy atom. The van der Waals surface area contributed by atoms with E-state index in [2.05, 4.69) is 15.3 Å². The number of rotatable bonds is 6. The van der Waals surface area contributed by atoms with E-state index in [0.717, 1.165) is 22.4 Å². The topological polar surface area (TPSA) is 55.2 Å². The van der Waals surface area contributed by atoms with Crippen LogP contribution in [-0.4, -0.2) is 21.1 Å². The zero-order valence-corrected chi connectivity index (χ0v) is 16.8. The molecule has 0 radical (unpaired) electrons. The van der Waals surface area contributed by atoms with Gasteiger partial charge in [0.2, 0.25) is 4.77 Å². The molecule has 5 nitrogen and oxygen atoms in total. The zero-order chi connectivity index (χ0) is 20.1. The molecule has 0 bridgehead atoms. The monoisotopic (exact) mass is 400 g/mol. The van der Waals surface area contributed by atoms with E-state index in [-0.39, 0.29) is 0 Å². The van der Waals surface area contributed by atoms with Gasteiger partial charge in [-0.3, -0.25) is 0 Å². The number of nitrogens with zero attached hydrogens (tertiary/aromatic N) is 3. The Morgan fingerprint density at radius 1 is 1.03 bits per heavy atom. The Balaban J connectivity index is 1.53. The van der Waals surface area contributed by atoms with Gasteiger partial charge in [0.25, 0.3) is 0 Å². The molecule has 144 valence electrons. The fourth-order valence-corrected chi connectivity index (χ4v) is 3.02. The van der Waals surface area contributed by atoms with Gasteiger partial charge in [0.1, 0.15) is 12.4 Å². The third-order valence-electron chi connectivity index (χ3n) is 4.39. The maximum Gasteiger partial charge on any atom is 0.216 e. The van der Waals surface area contributed by atoms with Gasteiger partial charge in [-0.2, -0.15) is 14.9 Å².